The van der Waals surface area contributed by atoms with Gasteiger partial charge in [0, 0.05) is 33.4 Å². The molecule has 0 saturated carbocycles. The molecule has 0 aliphatic carbocycles. The summed E-state index contributed by atoms with van der Waals surface area (Å²) in [5, 5.41) is 12.1. The van der Waals surface area contributed by atoms with Crippen molar-refractivity contribution in [2.45, 2.75) is 19.3 Å². The number of anilines is 1. The number of hydrogen-bond donors (Lipinski definition) is 2. The molecule has 3 aromatic rings. The number of aliphatic hydroxyl groups excluding tert-OH is 1. The Morgan fingerprint density at radius 1 is 1.18 bits per heavy atom. The monoisotopic (exact) mass is 436 g/mol. The van der Waals surface area contributed by atoms with Gasteiger partial charge in [-0.25, -0.2) is 8.42 Å². The predicted octanol–water partition coefficient (Wildman–Crippen LogP) is 4.77. The van der Waals surface area contributed by atoms with Crippen LogP contribution >= 0.6 is 22.9 Å². The fourth-order valence-electron chi connectivity index (χ4n) is 2.68. The van der Waals surface area contributed by atoms with Gasteiger partial charge in [0.2, 0.25) is 10.0 Å². The van der Waals surface area contributed by atoms with Gasteiger partial charge < -0.3 is 5.11 Å². The molecule has 28 heavy (non-hydrogen) atoms. The Morgan fingerprint density at radius 3 is 2.57 bits per heavy atom. The summed E-state index contributed by atoms with van der Waals surface area (Å²) in [7, 11) is -3.35. The van der Waals surface area contributed by atoms with Crippen LogP contribution in [0.1, 0.15) is 19.5 Å². The Morgan fingerprint density at radius 2 is 1.93 bits per heavy atom. The molecule has 0 saturated heterocycles. The first-order valence-electron chi connectivity index (χ1n) is 8.53. The third-order valence-electron chi connectivity index (χ3n) is 4.32. The molecule has 0 aliphatic rings. The third kappa shape index (κ3) is 4.72. The quantitative estimate of drug-likeness (QED) is 0.583. The van der Waals surface area contributed by atoms with Gasteiger partial charge in [-0.1, -0.05) is 25.4 Å². The molecule has 0 unspecified atom stereocenters. The molecular weight excluding hydrogens is 416 g/mol. The molecule has 0 fully saturated rings. The van der Waals surface area contributed by atoms with Crippen LogP contribution < -0.4 is 4.72 Å². The van der Waals surface area contributed by atoms with E-state index in [0.29, 0.717) is 10.7 Å². The number of nitrogens with zero attached hydrogens (tertiary/aromatic N) is 1. The Balaban J connectivity index is 1.92. The highest BCUT2D eigenvalue weighted by Crippen LogP contribution is 2.38. The number of sulfonamides is 1. The molecule has 148 valence electrons. The Hall–Kier alpha value is -1.93. The van der Waals surface area contributed by atoms with E-state index < -0.39 is 15.4 Å². The number of aliphatic hydroxyl groups is 1. The Bertz CT molecular complexity index is 1110. The number of rotatable bonds is 6. The van der Waals surface area contributed by atoms with Gasteiger partial charge in [0.25, 0.3) is 0 Å². The van der Waals surface area contributed by atoms with Crippen molar-refractivity contribution in [3.05, 3.63) is 58.7 Å². The molecular formula is C20H21ClN2O3S2. The normalized spacial score (nSPS) is 12.2. The first kappa shape index (κ1) is 20.8. The maximum atomic E-state index is 11.4. The fourth-order valence-corrected chi connectivity index (χ4v) is 4.53. The summed E-state index contributed by atoms with van der Waals surface area (Å²) >= 11 is 7.94. The predicted molar refractivity (Wildman–Crippen MR) is 117 cm³/mol. The first-order valence-corrected chi connectivity index (χ1v) is 11.7. The molecule has 0 spiro atoms. The zero-order valence-corrected chi connectivity index (χ0v) is 18.1. The van der Waals surface area contributed by atoms with Gasteiger partial charge in [0.1, 0.15) is 0 Å². The minimum Gasteiger partial charge on any atom is -0.395 e. The third-order valence-corrected chi connectivity index (χ3v) is 6.20. The van der Waals surface area contributed by atoms with E-state index in [1.165, 1.54) is 0 Å². The summed E-state index contributed by atoms with van der Waals surface area (Å²) in [5.74, 6) is 0. The van der Waals surface area contributed by atoms with Crippen molar-refractivity contribution in [3.8, 4) is 21.6 Å². The molecule has 3 rings (SSSR count). The number of pyridine rings is 1. The van der Waals surface area contributed by atoms with Crippen LogP contribution in [0.2, 0.25) is 5.02 Å². The van der Waals surface area contributed by atoms with Crippen molar-refractivity contribution in [1.29, 1.82) is 0 Å². The Labute approximate surface area is 174 Å². The molecule has 2 aromatic heterocycles. The molecule has 2 N–H and O–H groups in total. The highest BCUT2D eigenvalue weighted by Gasteiger charge is 2.21. The first-order chi connectivity index (χ1) is 13.1. The van der Waals surface area contributed by atoms with E-state index in [1.807, 2.05) is 37.4 Å². The van der Waals surface area contributed by atoms with Crippen molar-refractivity contribution in [2.75, 3.05) is 17.6 Å². The van der Waals surface area contributed by atoms with Gasteiger partial charge >= 0.3 is 0 Å². The second kappa shape index (κ2) is 7.83. The fraction of sp³-hybridized carbons (Fsp3) is 0.250. The van der Waals surface area contributed by atoms with Crippen LogP contribution in [0.3, 0.4) is 0 Å². The lowest BCUT2D eigenvalue weighted by Gasteiger charge is -2.21. The summed E-state index contributed by atoms with van der Waals surface area (Å²) in [6.07, 6.45) is 2.85. The van der Waals surface area contributed by atoms with E-state index in [4.69, 9.17) is 11.6 Å². The molecule has 2 heterocycles. The van der Waals surface area contributed by atoms with Crippen molar-refractivity contribution in [1.82, 2.24) is 4.98 Å². The Kier molecular flexibility index (Phi) is 5.82. The average Bonchev–Trinajstić information content (AvgIpc) is 3.10. The van der Waals surface area contributed by atoms with Gasteiger partial charge in [-0.15, -0.1) is 11.3 Å². The molecule has 0 bridgehead atoms. The smallest absolute Gasteiger partial charge is 0.229 e. The highest BCUT2D eigenvalue weighted by atomic mass is 35.5. The van der Waals surface area contributed by atoms with E-state index >= 15 is 0 Å². The number of nitrogens with one attached hydrogen (secondary N) is 1. The highest BCUT2D eigenvalue weighted by molar-refractivity contribution is 7.92. The van der Waals surface area contributed by atoms with Crippen molar-refractivity contribution in [2.24, 2.45) is 0 Å². The van der Waals surface area contributed by atoms with E-state index in [-0.39, 0.29) is 6.61 Å². The van der Waals surface area contributed by atoms with Crippen LogP contribution in [-0.2, 0) is 15.4 Å². The van der Waals surface area contributed by atoms with Crippen molar-refractivity contribution in [3.63, 3.8) is 0 Å². The van der Waals surface area contributed by atoms with Crippen LogP contribution in [0.5, 0.6) is 0 Å². The number of aromatic nitrogens is 1. The molecule has 0 radical (unpaired) electrons. The topological polar surface area (TPSA) is 79.3 Å². The maximum absolute atomic E-state index is 11.4. The molecule has 8 heteroatoms. The summed E-state index contributed by atoms with van der Waals surface area (Å²) in [5.41, 5.74) is 3.72. The summed E-state index contributed by atoms with van der Waals surface area (Å²) in [6.45, 7) is 3.91. The van der Waals surface area contributed by atoms with E-state index in [0.717, 1.165) is 33.5 Å². The maximum Gasteiger partial charge on any atom is 0.229 e. The van der Waals surface area contributed by atoms with Crippen LogP contribution in [0.4, 0.5) is 5.69 Å². The SMILES string of the molecule is CC(C)(CO)c1cc(-c2csc(-c3ccc(NS(C)(=O)=O)cc3Cl)c2)ccn1. The van der Waals surface area contributed by atoms with E-state index in [1.54, 1.807) is 35.7 Å². The summed E-state index contributed by atoms with van der Waals surface area (Å²) in [4.78, 5) is 5.37. The minimum atomic E-state index is -3.35. The van der Waals surface area contributed by atoms with Crippen LogP contribution in [-0.4, -0.2) is 31.4 Å². The van der Waals surface area contributed by atoms with Gasteiger partial charge in [-0.05, 0) is 52.9 Å². The zero-order chi connectivity index (χ0) is 20.5. The van der Waals surface area contributed by atoms with Crippen molar-refractivity contribution >= 4 is 38.6 Å². The van der Waals surface area contributed by atoms with Crippen LogP contribution in [0.15, 0.2) is 48.0 Å². The minimum absolute atomic E-state index is 0.0157. The van der Waals surface area contributed by atoms with Crippen LogP contribution in [0.25, 0.3) is 21.6 Å². The van der Waals surface area contributed by atoms with Gasteiger partial charge in [0.05, 0.1) is 17.9 Å². The second-order valence-corrected chi connectivity index (χ2v) is 10.3. The zero-order valence-electron chi connectivity index (χ0n) is 15.7. The van der Waals surface area contributed by atoms with Gasteiger partial charge in [0.15, 0.2) is 0 Å². The number of hydrogen-bond acceptors (Lipinski definition) is 5. The second-order valence-electron chi connectivity index (χ2n) is 7.24. The summed E-state index contributed by atoms with van der Waals surface area (Å²) in [6, 6.07) is 11.1. The largest absolute Gasteiger partial charge is 0.395 e. The lowest BCUT2D eigenvalue weighted by Crippen LogP contribution is -2.23. The number of benzene rings is 1. The van der Waals surface area contributed by atoms with E-state index in [2.05, 4.69) is 9.71 Å². The lowest BCUT2D eigenvalue weighted by molar-refractivity contribution is 0.215. The summed E-state index contributed by atoms with van der Waals surface area (Å²) < 4.78 is 25.2. The molecule has 0 amide bonds. The number of halogens is 1. The van der Waals surface area contributed by atoms with Crippen molar-refractivity contribution < 1.29 is 13.5 Å². The molecule has 0 aliphatic heterocycles. The average molecular weight is 437 g/mol. The van der Waals surface area contributed by atoms with E-state index in [9.17, 15) is 13.5 Å². The number of thiophene rings is 1. The van der Waals surface area contributed by atoms with Gasteiger partial charge in [-0.2, -0.15) is 0 Å². The molecule has 5 nitrogen and oxygen atoms in total. The standard InChI is InChI=1S/C20H21ClN2O3S2/c1-20(2,12-24)19-9-13(6-7-22-19)14-8-18(27-11-14)16-5-4-15(10-17(16)21)23-28(3,25)26/h4-11,23-24H,12H2,1-3H3. The molecule has 1 aromatic carbocycles. The molecule has 0 atom stereocenters. The lowest BCUT2D eigenvalue weighted by atomic mass is 9.89. The van der Waals surface area contributed by atoms with Gasteiger partial charge in [-0.3, -0.25) is 9.71 Å². The van der Waals surface area contributed by atoms with Crippen LogP contribution in [0, 0.1) is 0 Å².